The van der Waals surface area contributed by atoms with Gasteiger partial charge < -0.3 is 4.98 Å². The van der Waals surface area contributed by atoms with Gasteiger partial charge >= 0.3 is 0 Å². The molecule has 4 rings (SSSR count). The highest BCUT2D eigenvalue weighted by molar-refractivity contribution is 5.83. The molecule has 1 unspecified atom stereocenters. The zero-order valence-electron chi connectivity index (χ0n) is 14.2. The van der Waals surface area contributed by atoms with Gasteiger partial charge in [0.05, 0.1) is 0 Å². The third-order valence-electron chi connectivity index (χ3n) is 5.41. The number of hydrogen-bond donors (Lipinski definition) is 1. The van der Waals surface area contributed by atoms with E-state index in [9.17, 15) is 0 Å². The van der Waals surface area contributed by atoms with E-state index >= 15 is 0 Å². The van der Waals surface area contributed by atoms with Gasteiger partial charge in [-0.3, -0.25) is 4.90 Å². The van der Waals surface area contributed by atoms with Gasteiger partial charge in [0.15, 0.2) is 0 Å². The fourth-order valence-electron chi connectivity index (χ4n) is 4.06. The van der Waals surface area contributed by atoms with Crippen molar-refractivity contribution in [1.29, 1.82) is 0 Å². The molecule has 1 atom stereocenters. The van der Waals surface area contributed by atoms with Crippen LogP contribution in [0.15, 0.2) is 60.8 Å². The molecule has 0 amide bonds. The average Bonchev–Trinajstić information content (AvgIpc) is 3.05. The molecule has 24 heavy (non-hydrogen) atoms. The molecule has 2 nitrogen and oxygen atoms in total. The van der Waals surface area contributed by atoms with Crippen LogP contribution >= 0.6 is 0 Å². The number of nitrogens with zero attached hydrogens (tertiary/aromatic N) is 1. The molecule has 0 bridgehead atoms. The second-order valence-corrected chi connectivity index (χ2v) is 6.98. The van der Waals surface area contributed by atoms with Crippen molar-refractivity contribution in [3.8, 4) is 0 Å². The predicted octanol–water partition coefficient (Wildman–Crippen LogP) is 4.81. The van der Waals surface area contributed by atoms with Crippen LogP contribution in [0, 0.1) is 0 Å². The Morgan fingerprint density at radius 1 is 0.958 bits per heavy atom. The number of para-hydroxylation sites is 1. The molecule has 2 aromatic carbocycles. The predicted molar refractivity (Wildman–Crippen MR) is 101 cm³/mol. The second kappa shape index (κ2) is 7.23. The lowest BCUT2D eigenvalue weighted by Crippen LogP contribution is -2.41. The summed E-state index contributed by atoms with van der Waals surface area (Å²) in [5.41, 5.74) is 4.19. The highest BCUT2D eigenvalue weighted by atomic mass is 15.2. The molecular weight excluding hydrogens is 292 g/mol. The number of piperidine rings is 1. The molecule has 0 radical (unpaired) electrons. The van der Waals surface area contributed by atoms with E-state index in [0.29, 0.717) is 6.04 Å². The van der Waals surface area contributed by atoms with Crippen molar-refractivity contribution in [2.24, 2.45) is 0 Å². The number of H-pyrrole nitrogens is 1. The molecule has 0 aliphatic carbocycles. The van der Waals surface area contributed by atoms with Gasteiger partial charge in [0.25, 0.3) is 0 Å². The van der Waals surface area contributed by atoms with E-state index in [1.807, 2.05) is 0 Å². The summed E-state index contributed by atoms with van der Waals surface area (Å²) in [6.07, 6.45) is 8.58. The topological polar surface area (TPSA) is 19.0 Å². The van der Waals surface area contributed by atoms with Gasteiger partial charge in [-0.15, -0.1) is 0 Å². The number of nitrogens with one attached hydrogen (secondary N) is 1. The summed E-state index contributed by atoms with van der Waals surface area (Å²) in [5.74, 6) is 0. The highest BCUT2D eigenvalue weighted by Crippen LogP contribution is 2.25. The number of aromatic amines is 1. The van der Waals surface area contributed by atoms with Crippen molar-refractivity contribution in [3.05, 3.63) is 71.9 Å². The van der Waals surface area contributed by atoms with E-state index in [1.54, 1.807) is 0 Å². The summed E-state index contributed by atoms with van der Waals surface area (Å²) in [6.45, 7) is 2.43. The van der Waals surface area contributed by atoms with E-state index in [2.05, 4.69) is 70.7 Å². The Balaban J connectivity index is 1.46. The monoisotopic (exact) mass is 318 g/mol. The molecule has 0 saturated carbocycles. The van der Waals surface area contributed by atoms with E-state index in [1.165, 1.54) is 60.8 Å². The molecule has 1 aromatic heterocycles. The van der Waals surface area contributed by atoms with Crippen molar-refractivity contribution >= 4 is 10.9 Å². The van der Waals surface area contributed by atoms with Crippen LogP contribution in [0.1, 0.15) is 30.4 Å². The Morgan fingerprint density at radius 2 is 1.79 bits per heavy atom. The number of benzene rings is 2. The van der Waals surface area contributed by atoms with Crippen LogP contribution in [0.2, 0.25) is 0 Å². The SMILES string of the molecule is c1ccc(CCN2CCCCC2Cc2c[nH]c3ccccc23)cc1. The zero-order chi connectivity index (χ0) is 16.2. The molecule has 2 heterocycles. The Morgan fingerprint density at radius 3 is 2.71 bits per heavy atom. The normalized spacial score (nSPS) is 18.9. The van der Waals surface area contributed by atoms with Crippen LogP contribution in [0.5, 0.6) is 0 Å². The minimum Gasteiger partial charge on any atom is -0.361 e. The van der Waals surface area contributed by atoms with Crippen LogP contribution in [-0.4, -0.2) is 29.0 Å². The maximum Gasteiger partial charge on any atom is 0.0456 e. The summed E-state index contributed by atoms with van der Waals surface area (Å²) in [6, 6.07) is 20.3. The minimum atomic E-state index is 0.682. The van der Waals surface area contributed by atoms with Crippen molar-refractivity contribution in [3.63, 3.8) is 0 Å². The molecule has 1 saturated heterocycles. The lowest BCUT2D eigenvalue weighted by atomic mass is 9.95. The van der Waals surface area contributed by atoms with Crippen LogP contribution in [-0.2, 0) is 12.8 Å². The fraction of sp³-hybridized carbons (Fsp3) is 0.364. The molecule has 1 fully saturated rings. The van der Waals surface area contributed by atoms with Crippen molar-refractivity contribution in [2.75, 3.05) is 13.1 Å². The quantitative estimate of drug-likeness (QED) is 0.715. The Bertz CT molecular complexity index is 775. The molecule has 1 aliphatic heterocycles. The van der Waals surface area contributed by atoms with E-state index < -0.39 is 0 Å². The van der Waals surface area contributed by atoms with Gasteiger partial charge in [0.2, 0.25) is 0 Å². The number of hydrogen-bond acceptors (Lipinski definition) is 1. The third-order valence-corrected chi connectivity index (χ3v) is 5.41. The van der Waals surface area contributed by atoms with Crippen molar-refractivity contribution in [1.82, 2.24) is 9.88 Å². The van der Waals surface area contributed by atoms with Crippen molar-refractivity contribution < 1.29 is 0 Å². The molecule has 1 aliphatic rings. The second-order valence-electron chi connectivity index (χ2n) is 6.98. The third kappa shape index (κ3) is 3.39. The largest absolute Gasteiger partial charge is 0.361 e. The molecule has 0 spiro atoms. The average molecular weight is 318 g/mol. The molecule has 3 aromatic rings. The molecule has 124 valence electrons. The van der Waals surface area contributed by atoms with E-state index in [-0.39, 0.29) is 0 Å². The highest BCUT2D eigenvalue weighted by Gasteiger charge is 2.23. The first-order chi connectivity index (χ1) is 11.9. The summed E-state index contributed by atoms with van der Waals surface area (Å²) < 4.78 is 0. The lowest BCUT2D eigenvalue weighted by Gasteiger charge is -2.36. The summed E-state index contributed by atoms with van der Waals surface area (Å²) in [7, 11) is 0. The van der Waals surface area contributed by atoms with Crippen LogP contribution in [0.25, 0.3) is 10.9 Å². The van der Waals surface area contributed by atoms with Gasteiger partial charge in [0, 0.05) is 29.7 Å². The van der Waals surface area contributed by atoms with Gasteiger partial charge in [-0.1, -0.05) is 55.0 Å². The number of fused-ring (bicyclic) bond motifs is 1. The van der Waals surface area contributed by atoms with Crippen molar-refractivity contribution in [2.45, 2.75) is 38.1 Å². The van der Waals surface area contributed by atoms with E-state index in [0.717, 1.165) is 6.42 Å². The van der Waals surface area contributed by atoms with E-state index in [4.69, 9.17) is 0 Å². The Labute approximate surface area is 144 Å². The summed E-state index contributed by atoms with van der Waals surface area (Å²) >= 11 is 0. The van der Waals surface area contributed by atoms with Gasteiger partial charge in [-0.05, 0) is 49.4 Å². The Hall–Kier alpha value is -2.06. The van der Waals surface area contributed by atoms with Crippen LogP contribution in [0.3, 0.4) is 0 Å². The molecular formula is C22H26N2. The number of rotatable bonds is 5. The number of aromatic nitrogens is 1. The van der Waals surface area contributed by atoms with Gasteiger partial charge in [0.1, 0.15) is 0 Å². The maximum atomic E-state index is 3.43. The smallest absolute Gasteiger partial charge is 0.0456 e. The number of likely N-dealkylation sites (tertiary alicyclic amines) is 1. The summed E-state index contributed by atoms with van der Waals surface area (Å²) in [4.78, 5) is 6.15. The van der Waals surface area contributed by atoms with Crippen LogP contribution in [0.4, 0.5) is 0 Å². The summed E-state index contributed by atoms with van der Waals surface area (Å²) in [5, 5.41) is 1.39. The fourth-order valence-corrected chi connectivity index (χ4v) is 4.06. The molecule has 2 heteroatoms. The zero-order valence-corrected chi connectivity index (χ0v) is 14.2. The first-order valence-corrected chi connectivity index (χ1v) is 9.23. The standard InChI is InChI=1S/C22H26N2/c1-2-8-18(9-3-1)13-15-24-14-7-6-10-20(24)16-19-17-23-22-12-5-4-11-21(19)22/h1-5,8-9,11-12,17,20,23H,6-7,10,13-16H2. The first kappa shape index (κ1) is 15.5. The molecule has 1 N–H and O–H groups in total. The van der Waals surface area contributed by atoms with Gasteiger partial charge in [-0.25, -0.2) is 0 Å². The first-order valence-electron chi connectivity index (χ1n) is 9.23. The van der Waals surface area contributed by atoms with Crippen LogP contribution < -0.4 is 0 Å². The minimum absolute atomic E-state index is 0.682. The van der Waals surface area contributed by atoms with Gasteiger partial charge in [-0.2, -0.15) is 0 Å². The lowest BCUT2D eigenvalue weighted by molar-refractivity contribution is 0.149. The Kier molecular flexibility index (Phi) is 4.66. The maximum absolute atomic E-state index is 3.43.